The summed E-state index contributed by atoms with van der Waals surface area (Å²) in [7, 11) is 0. The van der Waals surface area contributed by atoms with Crippen molar-refractivity contribution in [1.29, 1.82) is 0 Å². The lowest BCUT2D eigenvalue weighted by molar-refractivity contribution is -0.142. The zero-order valence-corrected chi connectivity index (χ0v) is 8.27. The monoisotopic (exact) mass is 190 g/mol. The third-order valence-electron chi connectivity index (χ3n) is 2.72. The van der Waals surface area contributed by atoms with E-state index in [1.54, 1.807) is 0 Å². The lowest BCUT2D eigenvalue weighted by atomic mass is 9.95. The van der Waals surface area contributed by atoms with Gasteiger partial charge in [-0.15, -0.1) is 0 Å². The Kier molecular flexibility index (Phi) is 2.53. The highest BCUT2D eigenvalue weighted by Gasteiger charge is 2.34. The van der Waals surface area contributed by atoms with E-state index < -0.39 is 0 Å². The molecule has 2 unspecified atom stereocenters. The van der Waals surface area contributed by atoms with Crippen LogP contribution in [0.1, 0.15) is 31.2 Å². The van der Waals surface area contributed by atoms with Crippen LogP contribution in [0.5, 0.6) is 0 Å². The van der Waals surface area contributed by atoms with Crippen molar-refractivity contribution in [3.63, 3.8) is 0 Å². The molecule has 1 aliphatic heterocycles. The van der Waals surface area contributed by atoms with Crippen LogP contribution < -0.4 is 0 Å². The van der Waals surface area contributed by atoms with Crippen molar-refractivity contribution in [2.75, 3.05) is 0 Å². The molecule has 1 saturated heterocycles. The van der Waals surface area contributed by atoms with E-state index in [2.05, 4.69) is 0 Å². The summed E-state index contributed by atoms with van der Waals surface area (Å²) >= 11 is 0. The van der Waals surface area contributed by atoms with E-state index >= 15 is 0 Å². The van der Waals surface area contributed by atoms with Crippen LogP contribution in [0, 0.1) is 0 Å². The van der Waals surface area contributed by atoms with Gasteiger partial charge in [-0.25, -0.2) is 0 Å². The van der Waals surface area contributed by atoms with E-state index in [1.807, 2.05) is 37.3 Å². The van der Waals surface area contributed by atoms with Gasteiger partial charge in [0.05, 0.1) is 5.92 Å². The minimum absolute atomic E-state index is 0.0406. The van der Waals surface area contributed by atoms with Gasteiger partial charge in [-0.2, -0.15) is 0 Å². The van der Waals surface area contributed by atoms with Crippen molar-refractivity contribution in [2.45, 2.75) is 31.8 Å². The van der Waals surface area contributed by atoms with Crippen molar-refractivity contribution in [1.82, 2.24) is 0 Å². The second-order valence-electron chi connectivity index (χ2n) is 3.67. The lowest BCUT2D eigenvalue weighted by Gasteiger charge is -2.04. The summed E-state index contributed by atoms with van der Waals surface area (Å²) in [6.45, 7) is 2.05. The summed E-state index contributed by atoms with van der Waals surface area (Å²) in [5.74, 6) is -0.107. The Labute approximate surface area is 83.9 Å². The lowest BCUT2D eigenvalue weighted by Crippen LogP contribution is -2.05. The standard InChI is InChI=1S/C12H14O2/c1-2-10-8-11(12(13)14-10)9-6-4-3-5-7-9/h3-7,10-11H,2,8H2,1H3. The summed E-state index contributed by atoms with van der Waals surface area (Å²) in [6, 6.07) is 9.86. The van der Waals surface area contributed by atoms with Gasteiger partial charge in [0.25, 0.3) is 0 Å². The molecule has 1 aromatic rings. The van der Waals surface area contributed by atoms with Crippen molar-refractivity contribution in [2.24, 2.45) is 0 Å². The first kappa shape index (κ1) is 9.25. The number of esters is 1. The first-order valence-corrected chi connectivity index (χ1v) is 5.06. The number of ether oxygens (including phenoxy) is 1. The van der Waals surface area contributed by atoms with Gasteiger partial charge >= 0.3 is 5.97 Å². The maximum atomic E-state index is 11.5. The zero-order chi connectivity index (χ0) is 9.97. The molecular weight excluding hydrogens is 176 g/mol. The smallest absolute Gasteiger partial charge is 0.313 e. The van der Waals surface area contributed by atoms with E-state index in [-0.39, 0.29) is 18.0 Å². The molecule has 2 nitrogen and oxygen atoms in total. The fraction of sp³-hybridized carbons (Fsp3) is 0.417. The van der Waals surface area contributed by atoms with E-state index in [1.165, 1.54) is 0 Å². The maximum Gasteiger partial charge on any atom is 0.313 e. The van der Waals surface area contributed by atoms with Crippen LogP contribution in [0.25, 0.3) is 0 Å². The molecule has 0 bridgehead atoms. The molecule has 1 aromatic carbocycles. The molecule has 0 N–H and O–H groups in total. The summed E-state index contributed by atoms with van der Waals surface area (Å²) in [4.78, 5) is 11.5. The number of rotatable bonds is 2. The Morgan fingerprint density at radius 3 is 2.64 bits per heavy atom. The van der Waals surface area contributed by atoms with Gasteiger partial charge in [0, 0.05) is 6.42 Å². The van der Waals surface area contributed by atoms with Gasteiger partial charge in [-0.05, 0) is 12.0 Å². The average Bonchev–Trinajstić information content (AvgIpc) is 2.61. The van der Waals surface area contributed by atoms with Gasteiger partial charge in [-0.3, -0.25) is 4.79 Å². The Bertz CT molecular complexity index is 318. The highest BCUT2D eigenvalue weighted by molar-refractivity contribution is 5.80. The molecule has 1 aliphatic rings. The zero-order valence-electron chi connectivity index (χ0n) is 8.27. The second kappa shape index (κ2) is 3.82. The number of carbonyl (C=O) groups is 1. The number of carbonyl (C=O) groups excluding carboxylic acids is 1. The van der Waals surface area contributed by atoms with Crippen LogP contribution in [0.4, 0.5) is 0 Å². The van der Waals surface area contributed by atoms with Crippen molar-refractivity contribution < 1.29 is 9.53 Å². The summed E-state index contributed by atoms with van der Waals surface area (Å²) in [6.07, 6.45) is 1.86. The van der Waals surface area contributed by atoms with Crippen LogP contribution in [-0.4, -0.2) is 12.1 Å². The molecule has 2 atom stereocenters. The summed E-state index contributed by atoms with van der Waals surface area (Å²) in [5, 5.41) is 0. The molecule has 74 valence electrons. The molecule has 14 heavy (non-hydrogen) atoms. The van der Waals surface area contributed by atoms with Crippen LogP contribution in [0.2, 0.25) is 0 Å². The largest absolute Gasteiger partial charge is 0.462 e. The molecule has 2 heteroatoms. The summed E-state index contributed by atoms with van der Waals surface area (Å²) in [5.41, 5.74) is 1.08. The van der Waals surface area contributed by atoms with Crippen LogP contribution >= 0.6 is 0 Å². The number of hydrogen-bond donors (Lipinski definition) is 0. The van der Waals surface area contributed by atoms with Crippen LogP contribution in [0.15, 0.2) is 30.3 Å². The predicted molar refractivity (Wildman–Crippen MR) is 54.0 cm³/mol. The molecule has 1 heterocycles. The van der Waals surface area contributed by atoms with Crippen LogP contribution in [-0.2, 0) is 9.53 Å². The Morgan fingerprint density at radius 2 is 2.07 bits per heavy atom. The first-order valence-electron chi connectivity index (χ1n) is 5.06. The maximum absolute atomic E-state index is 11.5. The van der Waals surface area contributed by atoms with Gasteiger partial charge < -0.3 is 4.74 Å². The van der Waals surface area contributed by atoms with Crippen molar-refractivity contribution in [3.8, 4) is 0 Å². The summed E-state index contributed by atoms with van der Waals surface area (Å²) < 4.78 is 5.24. The molecule has 0 radical (unpaired) electrons. The fourth-order valence-electron chi connectivity index (χ4n) is 1.86. The van der Waals surface area contributed by atoms with E-state index in [0.717, 1.165) is 18.4 Å². The third kappa shape index (κ3) is 1.65. The van der Waals surface area contributed by atoms with E-state index in [0.29, 0.717) is 0 Å². The molecule has 2 rings (SSSR count). The third-order valence-corrected chi connectivity index (χ3v) is 2.72. The van der Waals surface area contributed by atoms with E-state index in [9.17, 15) is 4.79 Å². The molecule has 1 fully saturated rings. The Hall–Kier alpha value is -1.31. The average molecular weight is 190 g/mol. The molecule has 0 aliphatic carbocycles. The topological polar surface area (TPSA) is 26.3 Å². The predicted octanol–water partition coefficient (Wildman–Crippen LogP) is 2.50. The number of benzene rings is 1. The van der Waals surface area contributed by atoms with Gasteiger partial charge in [0.1, 0.15) is 6.10 Å². The number of cyclic esters (lactones) is 1. The Morgan fingerprint density at radius 1 is 1.36 bits per heavy atom. The second-order valence-corrected chi connectivity index (χ2v) is 3.67. The first-order chi connectivity index (χ1) is 6.81. The van der Waals surface area contributed by atoms with Gasteiger partial charge in [0.15, 0.2) is 0 Å². The Balaban J connectivity index is 2.17. The molecular formula is C12H14O2. The SMILES string of the molecule is CCC1CC(c2ccccc2)C(=O)O1. The van der Waals surface area contributed by atoms with Gasteiger partial charge in [-0.1, -0.05) is 37.3 Å². The van der Waals surface area contributed by atoms with E-state index in [4.69, 9.17) is 4.74 Å². The molecule has 0 saturated carbocycles. The van der Waals surface area contributed by atoms with Crippen molar-refractivity contribution >= 4 is 5.97 Å². The quantitative estimate of drug-likeness (QED) is 0.670. The minimum atomic E-state index is -0.0666. The van der Waals surface area contributed by atoms with Gasteiger partial charge in [0.2, 0.25) is 0 Å². The molecule has 0 amide bonds. The molecule has 0 spiro atoms. The highest BCUT2D eigenvalue weighted by atomic mass is 16.5. The fourth-order valence-corrected chi connectivity index (χ4v) is 1.86. The normalized spacial score (nSPS) is 26.2. The highest BCUT2D eigenvalue weighted by Crippen LogP contribution is 2.31. The minimum Gasteiger partial charge on any atom is -0.462 e. The van der Waals surface area contributed by atoms with Crippen LogP contribution in [0.3, 0.4) is 0 Å². The van der Waals surface area contributed by atoms with Crippen molar-refractivity contribution in [3.05, 3.63) is 35.9 Å². The number of hydrogen-bond acceptors (Lipinski definition) is 2. The molecule has 0 aromatic heterocycles.